The highest BCUT2D eigenvalue weighted by Crippen LogP contribution is 2.22. The maximum atomic E-state index is 11.0. The maximum absolute atomic E-state index is 11.0. The molecular weight excluding hydrogens is 276 g/mol. The van der Waals surface area contributed by atoms with Crippen molar-refractivity contribution in [2.24, 2.45) is 5.73 Å². The van der Waals surface area contributed by atoms with Crippen LogP contribution in [0.3, 0.4) is 0 Å². The molecule has 0 atom stereocenters. The third kappa shape index (κ3) is 3.22. The highest BCUT2D eigenvalue weighted by Gasteiger charge is 2.06. The average molecular weight is 291 g/mol. The summed E-state index contributed by atoms with van der Waals surface area (Å²) in [5.74, 6) is 0.209. The van der Waals surface area contributed by atoms with Crippen LogP contribution in [0.5, 0.6) is 5.75 Å². The summed E-state index contributed by atoms with van der Waals surface area (Å²) in [4.78, 5) is 11.0. The van der Waals surface area contributed by atoms with Gasteiger partial charge in [0.25, 0.3) is 0 Å². The second-order valence-corrected chi connectivity index (χ2v) is 4.88. The van der Waals surface area contributed by atoms with E-state index in [0.29, 0.717) is 22.9 Å². The van der Waals surface area contributed by atoms with E-state index < -0.39 is 5.91 Å². The van der Waals surface area contributed by atoms with E-state index in [1.807, 2.05) is 13.0 Å². The van der Waals surface area contributed by atoms with Crippen LogP contribution in [0.2, 0.25) is 5.02 Å². The fourth-order valence-electron chi connectivity index (χ4n) is 1.72. The van der Waals surface area contributed by atoms with E-state index in [1.165, 1.54) is 6.07 Å². The Morgan fingerprint density at radius 1 is 1.25 bits per heavy atom. The number of hydrogen-bond acceptors (Lipinski definition) is 3. The van der Waals surface area contributed by atoms with Gasteiger partial charge in [0.15, 0.2) is 0 Å². The first kappa shape index (κ1) is 14.2. The normalized spacial score (nSPS) is 10.3. The average Bonchev–Trinajstić information content (AvgIpc) is 2.41. The van der Waals surface area contributed by atoms with E-state index >= 15 is 0 Å². The minimum absolute atomic E-state index is 0.307. The van der Waals surface area contributed by atoms with Crippen molar-refractivity contribution in [3.63, 3.8) is 0 Å². The minimum atomic E-state index is -0.506. The van der Waals surface area contributed by atoms with Crippen molar-refractivity contribution in [1.29, 1.82) is 0 Å². The van der Waals surface area contributed by atoms with Crippen molar-refractivity contribution in [3.05, 3.63) is 58.1 Å². The number of amides is 1. The first-order chi connectivity index (χ1) is 9.47. The monoisotopic (exact) mass is 290 g/mol. The Hall–Kier alpha value is -2.20. The van der Waals surface area contributed by atoms with Gasteiger partial charge in [-0.3, -0.25) is 4.79 Å². The molecule has 0 aromatic heterocycles. The molecule has 0 aliphatic rings. The van der Waals surface area contributed by atoms with Crippen LogP contribution >= 0.6 is 11.6 Å². The number of anilines is 1. The van der Waals surface area contributed by atoms with Crippen molar-refractivity contribution >= 4 is 23.2 Å². The summed E-state index contributed by atoms with van der Waals surface area (Å²) in [5.41, 5.74) is 13.8. The number of halogens is 1. The number of carbonyl (C=O) groups excluding carboxylic acids is 1. The van der Waals surface area contributed by atoms with Gasteiger partial charge in [-0.25, -0.2) is 0 Å². The standard InChI is InChI=1S/C15H15ClN2O2/c1-9-6-12(4-5-14(9)17)20-8-11-3-2-10(15(18)19)7-13(11)16/h2-7H,8,17H2,1H3,(H2,18,19). The molecule has 5 heteroatoms. The summed E-state index contributed by atoms with van der Waals surface area (Å²) < 4.78 is 5.65. The summed E-state index contributed by atoms with van der Waals surface area (Å²) in [7, 11) is 0. The summed E-state index contributed by atoms with van der Waals surface area (Å²) >= 11 is 6.09. The number of primary amides is 1. The molecule has 2 aromatic carbocycles. The summed E-state index contributed by atoms with van der Waals surface area (Å²) in [6.45, 7) is 2.22. The molecule has 0 radical (unpaired) electrons. The molecule has 1 amide bonds. The van der Waals surface area contributed by atoms with Crippen molar-refractivity contribution in [2.45, 2.75) is 13.5 Å². The Bertz CT molecular complexity index is 656. The van der Waals surface area contributed by atoms with Crippen molar-refractivity contribution in [3.8, 4) is 5.75 Å². The molecule has 4 nitrogen and oxygen atoms in total. The van der Waals surface area contributed by atoms with Gasteiger partial charge in [-0.2, -0.15) is 0 Å². The first-order valence-corrected chi connectivity index (χ1v) is 6.42. The Morgan fingerprint density at radius 2 is 2.00 bits per heavy atom. The topological polar surface area (TPSA) is 78.3 Å². The molecule has 0 aliphatic carbocycles. The number of carbonyl (C=O) groups is 1. The summed E-state index contributed by atoms with van der Waals surface area (Å²) in [6.07, 6.45) is 0. The molecule has 0 aliphatic heterocycles. The Labute approximate surface area is 122 Å². The molecule has 20 heavy (non-hydrogen) atoms. The van der Waals surface area contributed by atoms with Gasteiger partial charge in [-0.05, 0) is 42.8 Å². The molecule has 0 spiro atoms. The van der Waals surface area contributed by atoms with E-state index in [2.05, 4.69) is 0 Å². The number of rotatable bonds is 4. The lowest BCUT2D eigenvalue weighted by molar-refractivity contribution is 0.1000. The second kappa shape index (κ2) is 5.84. The second-order valence-electron chi connectivity index (χ2n) is 4.48. The van der Waals surface area contributed by atoms with Gasteiger partial charge in [-0.15, -0.1) is 0 Å². The molecular formula is C15H15ClN2O2. The molecule has 0 fully saturated rings. The van der Waals surface area contributed by atoms with E-state index in [1.54, 1.807) is 24.3 Å². The third-order valence-corrected chi connectivity index (χ3v) is 3.33. The van der Waals surface area contributed by atoms with E-state index in [4.69, 9.17) is 27.8 Å². The zero-order valence-corrected chi connectivity index (χ0v) is 11.8. The Kier molecular flexibility index (Phi) is 4.15. The van der Waals surface area contributed by atoms with Crippen molar-refractivity contribution in [2.75, 3.05) is 5.73 Å². The smallest absolute Gasteiger partial charge is 0.248 e. The van der Waals surface area contributed by atoms with Gasteiger partial charge in [0.1, 0.15) is 12.4 Å². The lowest BCUT2D eigenvalue weighted by atomic mass is 10.1. The van der Waals surface area contributed by atoms with Gasteiger partial charge >= 0.3 is 0 Å². The third-order valence-electron chi connectivity index (χ3n) is 2.97. The van der Waals surface area contributed by atoms with Crippen molar-refractivity contribution in [1.82, 2.24) is 0 Å². The predicted octanol–water partition coefficient (Wildman–Crippen LogP) is 2.91. The molecule has 4 N–H and O–H groups in total. The number of ether oxygens (including phenoxy) is 1. The number of aryl methyl sites for hydroxylation is 1. The van der Waals surface area contributed by atoms with Crippen molar-refractivity contribution < 1.29 is 9.53 Å². The van der Waals surface area contributed by atoms with Gasteiger partial charge in [0.05, 0.1) is 0 Å². The highest BCUT2D eigenvalue weighted by molar-refractivity contribution is 6.31. The van der Waals surface area contributed by atoms with Gasteiger partial charge in [0, 0.05) is 21.8 Å². The molecule has 0 unspecified atom stereocenters. The predicted molar refractivity (Wildman–Crippen MR) is 79.9 cm³/mol. The number of hydrogen-bond donors (Lipinski definition) is 2. The van der Waals surface area contributed by atoms with E-state index in [0.717, 1.165) is 16.8 Å². The van der Waals surface area contributed by atoms with E-state index in [-0.39, 0.29) is 0 Å². The molecule has 2 aromatic rings. The maximum Gasteiger partial charge on any atom is 0.248 e. The molecule has 0 saturated heterocycles. The molecule has 104 valence electrons. The number of benzene rings is 2. The minimum Gasteiger partial charge on any atom is -0.489 e. The summed E-state index contributed by atoms with van der Waals surface area (Å²) in [6, 6.07) is 10.3. The van der Waals surface area contributed by atoms with Crippen LogP contribution in [0, 0.1) is 6.92 Å². The molecule has 0 heterocycles. The number of nitrogens with two attached hydrogens (primary N) is 2. The van der Waals surface area contributed by atoms with Gasteiger partial charge in [0.2, 0.25) is 5.91 Å². The quantitative estimate of drug-likeness (QED) is 0.850. The summed E-state index contributed by atoms with van der Waals surface area (Å²) in [5, 5.41) is 0.452. The molecule has 2 rings (SSSR count). The fourth-order valence-corrected chi connectivity index (χ4v) is 1.95. The lowest BCUT2D eigenvalue weighted by Gasteiger charge is -2.10. The lowest BCUT2D eigenvalue weighted by Crippen LogP contribution is -2.11. The Balaban J connectivity index is 2.10. The number of nitrogen functional groups attached to an aromatic ring is 1. The van der Waals surface area contributed by atoms with Crippen LogP contribution in [0.4, 0.5) is 5.69 Å². The SMILES string of the molecule is Cc1cc(OCc2ccc(C(N)=O)cc2Cl)ccc1N. The van der Waals surface area contributed by atoms with Crippen LogP contribution < -0.4 is 16.2 Å². The van der Waals surface area contributed by atoms with Crippen LogP contribution in [0.1, 0.15) is 21.5 Å². The largest absolute Gasteiger partial charge is 0.489 e. The molecule has 0 bridgehead atoms. The molecule has 0 saturated carbocycles. The highest BCUT2D eigenvalue weighted by atomic mass is 35.5. The van der Waals surface area contributed by atoms with Crippen LogP contribution in [0.25, 0.3) is 0 Å². The fraction of sp³-hybridized carbons (Fsp3) is 0.133. The van der Waals surface area contributed by atoms with Gasteiger partial charge in [-0.1, -0.05) is 17.7 Å². The van der Waals surface area contributed by atoms with Gasteiger partial charge < -0.3 is 16.2 Å². The van der Waals surface area contributed by atoms with Crippen LogP contribution in [-0.2, 0) is 6.61 Å². The zero-order chi connectivity index (χ0) is 14.7. The van der Waals surface area contributed by atoms with Crippen LogP contribution in [0.15, 0.2) is 36.4 Å². The zero-order valence-electron chi connectivity index (χ0n) is 11.0. The Morgan fingerprint density at radius 3 is 2.60 bits per heavy atom. The first-order valence-electron chi connectivity index (χ1n) is 6.04. The van der Waals surface area contributed by atoms with E-state index in [9.17, 15) is 4.79 Å². The van der Waals surface area contributed by atoms with Crippen LogP contribution in [-0.4, -0.2) is 5.91 Å².